The molecule has 1 aromatic heterocycles. The van der Waals surface area contributed by atoms with Gasteiger partial charge in [0.25, 0.3) is 12.5 Å². The molecule has 1 unspecified atom stereocenters. The number of H-pyrrole nitrogens is 1. The lowest BCUT2D eigenvalue weighted by atomic mass is 10.2. The number of nitrogens with one attached hydrogen (secondary N) is 1. The van der Waals surface area contributed by atoms with Crippen molar-refractivity contribution in [1.82, 2.24) is 9.97 Å². The van der Waals surface area contributed by atoms with Gasteiger partial charge in [-0.25, -0.2) is 13.8 Å². The highest BCUT2D eigenvalue weighted by Gasteiger charge is 2.16. The maximum absolute atomic E-state index is 12.2. The normalized spacial score (nSPS) is 12.7. The van der Waals surface area contributed by atoms with E-state index in [0.29, 0.717) is 0 Å². The molecule has 76 valence electrons. The molecule has 3 N–H and O–H groups in total. The van der Waals surface area contributed by atoms with Crippen molar-refractivity contribution in [3.63, 3.8) is 0 Å². The Morgan fingerprint density at radius 1 is 1.54 bits per heavy atom. The molecule has 0 saturated heterocycles. The summed E-state index contributed by atoms with van der Waals surface area (Å²) in [4.78, 5) is 5.38. The average molecular weight is 260 g/mol. The lowest BCUT2D eigenvalue weighted by Gasteiger charge is -2.07. The number of aromatic amines is 1. The van der Waals surface area contributed by atoms with Gasteiger partial charge in [0, 0.05) is 12.1 Å². The SMILES string of the molecule is Br.NC(Cc1cnc(F)[nH]1)C(F)F. The molecule has 13 heavy (non-hydrogen) atoms. The minimum absolute atomic E-state index is 0. The van der Waals surface area contributed by atoms with Crippen molar-refractivity contribution in [3.8, 4) is 0 Å². The molecule has 0 saturated carbocycles. The van der Waals surface area contributed by atoms with Crippen LogP contribution in [-0.4, -0.2) is 22.4 Å². The van der Waals surface area contributed by atoms with Crippen molar-refractivity contribution in [3.05, 3.63) is 18.0 Å². The van der Waals surface area contributed by atoms with Crippen LogP contribution in [-0.2, 0) is 6.42 Å². The molecule has 1 heterocycles. The van der Waals surface area contributed by atoms with E-state index in [1.54, 1.807) is 0 Å². The zero-order chi connectivity index (χ0) is 9.14. The van der Waals surface area contributed by atoms with E-state index < -0.39 is 18.5 Å². The molecule has 0 spiro atoms. The Hall–Kier alpha value is -0.560. The van der Waals surface area contributed by atoms with E-state index in [1.807, 2.05) is 0 Å². The molecule has 1 atom stereocenters. The third kappa shape index (κ3) is 3.77. The Morgan fingerprint density at radius 2 is 2.15 bits per heavy atom. The minimum atomic E-state index is -2.60. The second-order valence-electron chi connectivity index (χ2n) is 2.40. The first-order valence-corrected chi connectivity index (χ1v) is 3.32. The van der Waals surface area contributed by atoms with Gasteiger partial charge in [0.15, 0.2) is 0 Å². The predicted octanol–water partition coefficient (Wildman–Crippen LogP) is 1.26. The second-order valence-corrected chi connectivity index (χ2v) is 2.40. The quantitative estimate of drug-likeness (QED) is 0.859. The molecule has 1 aromatic rings. The number of halogens is 4. The summed E-state index contributed by atoms with van der Waals surface area (Å²) in [6.45, 7) is 0. The van der Waals surface area contributed by atoms with E-state index in [2.05, 4.69) is 9.97 Å². The van der Waals surface area contributed by atoms with Gasteiger partial charge in [-0.15, -0.1) is 17.0 Å². The molecule has 0 amide bonds. The van der Waals surface area contributed by atoms with Gasteiger partial charge in [-0.2, -0.15) is 4.39 Å². The summed E-state index contributed by atoms with van der Waals surface area (Å²) in [6, 6.07) is -1.27. The fourth-order valence-corrected chi connectivity index (χ4v) is 0.778. The second kappa shape index (κ2) is 5.23. The summed E-state index contributed by atoms with van der Waals surface area (Å²) < 4.78 is 35.9. The van der Waals surface area contributed by atoms with Crippen LogP contribution in [0.3, 0.4) is 0 Å². The van der Waals surface area contributed by atoms with Crippen LogP contribution in [0.5, 0.6) is 0 Å². The van der Waals surface area contributed by atoms with E-state index in [9.17, 15) is 13.2 Å². The Labute approximate surface area is 83.3 Å². The monoisotopic (exact) mass is 259 g/mol. The van der Waals surface area contributed by atoms with Gasteiger partial charge in [-0.1, -0.05) is 0 Å². The van der Waals surface area contributed by atoms with Crippen LogP contribution in [0.1, 0.15) is 5.69 Å². The molecular formula is C6H9BrF3N3. The fraction of sp³-hybridized carbons (Fsp3) is 0.500. The van der Waals surface area contributed by atoms with Crippen LogP contribution in [0.25, 0.3) is 0 Å². The van der Waals surface area contributed by atoms with E-state index in [4.69, 9.17) is 5.73 Å². The highest BCUT2D eigenvalue weighted by Crippen LogP contribution is 2.05. The van der Waals surface area contributed by atoms with Crippen molar-refractivity contribution in [2.24, 2.45) is 5.73 Å². The lowest BCUT2D eigenvalue weighted by Crippen LogP contribution is -2.31. The van der Waals surface area contributed by atoms with Gasteiger partial charge in [0.1, 0.15) is 0 Å². The first kappa shape index (κ1) is 12.4. The highest BCUT2D eigenvalue weighted by molar-refractivity contribution is 8.93. The fourth-order valence-electron chi connectivity index (χ4n) is 0.778. The summed E-state index contributed by atoms with van der Waals surface area (Å²) in [6.07, 6.45) is -2.34. The zero-order valence-corrected chi connectivity index (χ0v) is 8.22. The minimum Gasteiger partial charge on any atom is -0.323 e. The van der Waals surface area contributed by atoms with E-state index in [-0.39, 0.29) is 29.1 Å². The number of imidazole rings is 1. The summed E-state index contributed by atoms with van der Waals surface area (Å²) in [5.74, 6) is 0. The zero-order valence-electron chi connectivity index (χ0n) is 6.51. The molecule has 1 rings (SSSR count). The standard InChI is InChI=1S/C6H8F3N3.BrH/c7-5(8)4(10)1-3-2-11-6(9)12-3;/h2,4-5H,1,10H2,(H,11,12);1H. The highest BCUT2D eigenvalue weighted by atomic mass is 79.9. The number of nitrogens with two attached hydrogens (primary N) is 1. The number of alkyl halides is 2. The number of nitrogens with zero attached hydrogens (tertiary/aromatic N) is 1. The Morgan fingerprint density at radius 3 is 2.54 bits per heavy atom. The van der Waals surface area contributed by atoms with Crippen molar-refractivity contribution in [2.75, 3.05) is 0 Å². The first-order chi connectivity index (χ1) is 5.59. The van der Waals surface area contributed by atoms with Crippen LogP contribution in [0.15, 0.2) is 6.20 Å². The average Bonchev–Trinajstić information content (AvgIpc) is 2.35. The third-order valence-electron chi connectivity index (χ3n) is 1.38. The Kier molecular flexibility index (Phi) is 5.01. The van der Waals surface area contributed by atoms with Gasteiger partial charge in [0.2, 0.25) is 0 Å². The molecule has 0 radical (unpaired) electrons. The maximum Gasteiger partial charge on any atom is 0.286 e. The number of rotatable bonds is 3. The largest absolute Gasteiger partial charge is 0.323 e. The molecule has 0 aliphatic carbocycles. The van der Waals surface area contributed by atoms with Gasteiger partial charge >= 0.3 is 0 Å². The molecule has 0 bridgehead atoms. The lowest BCUT2D eigenvalue weighted by molar-refractivity contribution is 0.115. The topological polar surface area (TPSA) is 54.7 Å². The van der Waals surface area contributed by atoms with E-state index in [1.165, 1.54) is 0 Å². The smallest absolute Gasteiger partial charge is 0.286 e. The molecule has 0 aliphatic heterocycles. The van der Waals surface area contributed by atoms with Crippen molar-refractivity contribution in [2.45, 2.75) is 18.9 Å². The van der Waals surface area contributed by atoms with Crippen LogP contribution in [0.2, 0.25) is 0 Å². The van der Waals surface area contributed by atoms with Gasteiger partial charge in [0.05, 0.1) is 12.2 Å². The van der Waals surface area contributed by atoms with Crippen molar-refractivity contribution >= 4 is 17.0 Å². The third-order valence-corrected chi connectivity index (χ3v) is 1.38. The predicted molar refractivity (Wildman–Crippen MR) is 46.6 cm³/mol. The molecule has 0 fully saturated rings. The molecule has 3 nitrogen and oxygen atoms in total. The molecule has 7 heteroatoms. The summed E-state index contributed by atoms with van der Waals surface area (Å²) in [5.41, 5.74) is 5.32. The summed E-state index contributed by atoms with van der Waals surface area (Å²) in [5, 5.41) is 0. The Bertz CT molecular complexity index is 253. The number of hydrogen-bond donors (Lipinski definition) is 2. The van der Waals surface area contributed by atoms with E-state index >= 15 is 0 Å². The number of hydrogen-bond acceptors (Lipinski definition) is 2. The van der Waals surface area contributed by atoms with Gasteiger partial charge < -0.3 is 10.7 Å². The van der Waals surface area contributed by atoms with Crippen LogP contribution < -0.4 is 5.73 Å². The molecule has 0 aromatic carbocycles. The van der Waals surface area contributed by atoms with Crippen LogP contribution in [0, 0.1) is 6.08 Å². The number of aromatic nitrogens is 2. The van der Waals surface area contributed by atoms with Crippen LogP contribution >= 0.6 is 17.0 Å². The summed E-state index contributed by atoms with van der Waals surface area (Å²) >= 11 is 0. The van der Waals surface area contributed by atoms with E-state index in [0.717, 1.165) is 6.20 Å². The van der Waals surface area contributed by atoms with Crippen molar-refractivity contribution in [1.29, 1.82) is 0 Å². The van der Waals surface area contributed by atoms with Crippen LogP contribution in [0.4, 0.5) is 13.2 Å². The van der Waals surface area contributed by atoms with Gasteiger partial charge in [-0.3, -0.25) is 0 Å². The van der Waals surface area contributed by atoms with Gasteiger partial charge in [-0.05, 0) is 0 Å². The maximum atomic E-state index is 12.2. The molecule has 0 aliphatic rings. The first-order valence-electron chi connectivity index (χ1n) is 3.32. The summed E-state index contributed by atoms with van der Waals surface area (Å²) in [7, 11) is 0. The molecular weight excluding hydrogens is 251 g/mol. The Balaban J connectivity index is 0.00000144. The van der Waals surface area contributed by atoms with Crippen molar-refractivity contribution < 1.29 is 13.2 Å².